The van der Waals surface area contributed by atoms with Crippen LogP contribution in [0.5, 0.6) is 0 Å². The number of pyridine rings is 1. The molecule has 0 aliphatic rings. The molecule has 0 saturated heterocycles. The lowest BCUT2D eigenvalue weighted by molar-refractivity contribution is 1.23. The van der Waals surface area contributed by atoms with Gasteiger partial charge >= 0.3 is 0 Å². The van der Waals surface area contributed by atoms with Gasteiger partial charge in [0.2, 0.25) is 0 Å². The van der Waals surface area contributed by atoms with Gasteiger partial charge in [-0.2, -0.15) is 0 Å². The van der Waals surface area contributed by atoms with Gasteiger partial charge < -0.3 is 5.73 Å². The van der Waals surface area contributed by atoms with Gasteiger partial charge in [0.25, 0.3) is 0 Å². The zero-order valence-corrected chi connectivity index (χ0v) is 8.23. The number of nitrogen functional groups attached to an aromatic ring is 1. The SMILES string of the molecule is Cc1ccc(N)nc1C#CCCCl. The molecule has 0 aliphatic carbocycles. The Bertz CT molecular complexity index is 350. The van der Waals surface area contributed by atoms with Gasteiger partial charge in [0, 0.05) is 12.3 Å². The van der Waals surface area contributed by atoms with E-state index in [1.165, 1.54) is 0 Å². The van der Waals surface area contributed by atoms with E-state index < -0.39 is 0 Å². The minimum absolute atomic E-state index is 0.501. The summed E-state index contributed by atoms with van der Waals surface area (Å²) in [6.45, 7) is 1.96. The van der Waals surface area contributed by atoms with E-state index in [0.717, 1.165) is 11.3 Å². The number of halogens is 1. The van der Waals surface area contributed by atoms with E-state index >= 15 is 0 Å². The van der Waals surface area contributed by atoms with Crippen LogP contribution in [0.4, 0.5) is 5.82 Å². The third-order valence-corrected chi connectivity index (χ3v) is 1.73. The zero-order valence-electron chi connectivity index (χ0n) is 7.47. The predicted molar refractivity (Wildman–Crippen MR) is 55.6 cm³/mol. The predicted octanol–water partition coefficient (Wildman–Crippen LogP) is 1.95. The molecule has 1 aromatic heterocycles. The first-order chi connectivity index (χ1) is 6.24. The second kappa shape index (κ2) is 4.74. The van der Waals surface area contributed by atoms with Crippen LogP contribution in [0, 0.1) is 18.8 Å². The molecule has 0 aliphatic heterocycles. The Balaban J connectivity index is 2.89. The molecule has 0 radical (unpaired) electrons. The molecule has 1 heterocycles. The van der Waals surface area contributed by atoms with Crippen molar-refractivity contribution >= 4 is 17.4 Å². The first kappa shape index (κ1) is 9.88. The molecule has 0 unspecified atom stereocenters. The quantitative estimate of drug-likeness (QED) is 0.548. The van der Waals surface area contributed by atoms with Crippen molar-refractivity contribution in [3.63, 3.8) is 0 Å². The van der Waals surface area contributed by atoms with Crippen molar-refractivity contribution in [2.45, 2.75) is 13.3 Å². The van der Waals surface area contributed by atoms with E-state index in [2.05, 4.69) is 16.8 Å². The van der Waals surface area contributed by atoms with Gasteiger partial charge in [0.1, 0.15) is 11.5 Å². The second-order valence-corrected chi connectivity index (χ2v) is 3.02. The molecule has 1 aromatic rings. The molecule has 0 bridgehead atoms. The lowest BCUT2D eigenvalue weighted by atomic mass is 10.2. The zero-order chi connectivity index (χ0) is 9.68. The molecule has 0 spiro atoms. The molecule has 2 nitrogen and oxygen atoms in total. The number of alkyl halides is 1. The van der Waals surface area contributed by atoms with Crippen LogP contribution >= 0.6 is 11.6 Å². The van der Waals surface area contributed by atoms with E-state index in [4.69, 9.17) is 17.3 Å². The van der Waals surface area contributed by atoms with Gasteiger partial charge in [0.05, 0.1) is 0 Å². The Morgan fingerprint density at radius 3 is 3.00 bits per heavy atom. The number of anilines is 1. The molecule has 0 fully saturated rings. The maximum Gasteiger partial charge on any atom is 0.124 e. The summed E-state index contributed by atoms with van der Waals surface area (Å²) in [5, 5.41) is 0. The fraction of sp³-hybridized carbons (Fsp3) is 0.300. The van der Waals surface area contributed by atoms with Crippen LogP contribution in [0.1, 0.15) is 17.7 Å². The van der Waals surface area contributed by atoms with Crippen molar-refractivity contribution < 1.29 is 0 Å². The maximum absolute atomic E-state index is 5.53. The number of hydrogen-bond donors (Lipinski definition) is 1. The van der Waals surface area contributed by atoms with E-state index in [-0.39, 0.29) is 0 Å². The smallest absolute Gasteiger partial charge is 0.124 e. The van der Waals surface area contributed by atoms with Crippen molar-refractivity contribution in [2.24, 2.45) is 0 Å². The summed E-state index contributed by atoms with van der Waals surface area (Å²) in [6, 6.07) is 3.68. The number of aryl methyl sites for hydroxylation is 1. The molecule has 0 aromatic carbocycles. The van der Waals surface area contributed by atoms with Crippen LogP contribution in [0.15, 0.2) is 12.1 Å². The maximum atomic E-state index is 5.53. The highest BCUT2D eigenvalue weighted by molar-refractivity contribution is 6.18. The van der Waals surface area contributed by atoms with E-state index in [1.807, 2.05) is 13.0 Å². The highest BCUT2D eigenvalue weighted by Crippen LogP contribution is 2.05. The fourth-order valence-corrected chi connectivity index (χ4v) is 0.958. The average Bonchev–Trinajstić information content (AvgIpc) is 2.11. The minimum Gasteiger partial charge on any atom is -0.384 e. The van der Waals surface area contributed by atoms with Crippen LogP contribution < -0.4 is 5.73 Å². The van der Waals surface area contributed by atoms with Gasteiger partial charge in [-0.15, -0.1) is 11.6 Å². The number of aromatic nitrogens is 1. The third-order valence-electron chi connectivity index (χ3n) is 1.54. The number of rotatable bonds is 1. The van der Waals surface area contributed by atoms with Crippen LogP contribution in [-0.2, 0) is 0 Å². The van der Waals surface area contributed by atoms with Crippen molar-refractivity contribution in [3.05, 3.63) is 23.4 Å². The molecule has 3 heteroatoms. The Morgan fingerprint density at radius 2 is 2.31 bits per heavy atom. The van der Waals surface area contributed by atoms with Gasteiger partial charge in [-0.25, -0.2) is 4.98 Å². The fourth-order valence-electron chi connectivity index (χ4n) is 0.864. The molecule has 2 N–H and O–H groups in total. The van der Waals surface area contributed by atoms with Crippen molar-refractivity contribution in [3.8, 4) is 11.8 Å². The van der Waals surface area contributed by atoms with E-state index in [9.17, 15) is 0 Å². The monoisotopic (exact) mass is 194 g/mol. The summed E-state index contributed by atoms with van der Waals surface area (Å²) in [4.78, 5) is 4.11. The molecule has 0 saturated carbocycles. The van der Waals surface area contributed by atoms with Crippen molar-refractivity contribution in [2.75, 3.05) is 11.6 Å². The Labute approximate surface area is 83.1 Å². The number of hydrogen-bond acceptors (Lipinski definition) is 2. The summed E-state index contributed by atoms with van der Waals surface area (Å²) in [6.07, 6.45) is 0.678. The summed E-state index contributed by atoms with van der Waals surface area (Å²) in [5.41, 5.74) is 7.31. The molecule has 0 amide bonds. The summed E-state index contributed by atoms with van der Waals surface area (Å²) in [5.74, 6) is 6.90. The van der Waals surface area contributed by atoms with E-state index in [1.54, 1.807) is 6.07 Å². The molecule has 1 rings (SSSR count). The molecule has 13 heavy (non-hydrogen) atoms. The summed E-state index contributed by atoms with van der Waals surface area (Å²) >= 11 is 5.49. The Morgan fingerprint density at radius 1 is 1.54 bits per heavy atom. The van der Waals surface area contributed by atoms with Gasteiger partial charge in [-0.3, -0.25) is 0 Å². The largest absolute Gasteiger partial charge is 0.384 e. The average molecular weight is 195 g/mol. The lowest BCUT2D eigenvalue weighted by Crippen LogP contribution is -1.94. The van der Waals surface area contributed by atoms with Gasteiger partial charge in [-0.05, 0) is 24.5 Å². The van der Waals surface area contributed by atoms with Crippen LogP contribution in [0.2, 0.25) is 0 Å². The molecular weight excluding hydrogens is 184 g/mol. The molecular formula is C10H11ClN2. The molecule has 68 valence electrons. The Hall–Kier alpha value is -1.20. The third kappa shape index (κ3) is 2.96. The highest BCUT2D eigenvalue weighted by atomic mass is 35.5. The number of nitrogens with zero attached hydrogens (tertiary/aromatic N) is 1. The first-order valence-electron chi connectivity index (χ1n) is 4.02. The minimum atomic E-state index is 0.501. The first-order valence-corrected chi connectivity index (χ1v) is 4.55. The standard InChI is InChI=1S/C10H11ClN2/c1-8-5-6-10(12)13-9(8)4-2-3-7-11/h5-6H,3,7H2,1H3,(H2,12,13). The second-order valence-electron chi connectivity index (χ2n) is 2.64. The topological polar surface area (TPSA) is 38.9 Å². The highest BCUT2D eigenvalue weighted by Gasteiger charge is 1.95. The Kier molecular flexibility index (Phi) is 3.60. The summed E-state index contributed by atoms with van der Waals surface area (Å²) in [7, 11) is 0. The van der Waals surface area contributed by atoms with Crippen LogP contribution in [0.3, 0.4) is 0 Å². The number of nitrogens with two attached hydrogens (primary N) is 1. The van der Waals surface area contributed by atoms with Crippen molar-refractivity contribution in [1.82, 2.24) is 4.98 Å². The lowest BCUT2D eigenvalue weighted by Gasteiger charge is -1.97. The van der Waals surface area contributed by atoms with Gasteiger partial charge in [0.15, 0.2) is 0 Å². The summed E-state index contributed by atoms with van der Waals surface area (Å²) < 4.78 is 0. The molecule has 0 atom stereocenters. The van der Waals surface area contributed by atoms with Crippen LogP contribution in [-0.4, -0.2) is 10.9 Å². The van der Waals surface area contributed by atoms with Crippen molar-refractivity contribution in [1.29, 1.82) is 0 Å². The van der Waals surface area contributed by atoms with Crippen LogP contribution in [0.25, 0.3) is 0 Å². The normalized spacial score (nSPS) is 9.08. The van der Waals surface area contributed by atoms with E-state index in [0.29, 0.717) is 18.1 Å². The van der Waals surface area contributed by atoms with Gasteiger partial charge in [-0.1, -0.05) is 12.0 Å².